The lowest BCUT2D eigenvalue weighted by Crippen LogP contribution is -2.32. The minimum atomic E-state index is -0.357. The molecule has 0 atom stereocenters. The van der Waals surface area contributed by atoms with Crippen molar-refractivity contribution in [2.24, 2.45) is 0 Å². The number of nitrogens with zero attached hydrogens (tertiary/aromatic N) is 3. The molecule has 2 aromatic rings. The second kappa shape index (κ2) is 8.41. The lowest BCUT2D eigenvalue weighted by atomic mass is 10.1. The molecule has 0 saturated heterocycles. The number of benzene rings is 1. The molecule has 1 N–H and O–H groups in total. The van der Waals surface area contributed by atoms with Gasteiger partial charge in [0, 0.05) is 18.7 Å². The number of carbonyl (C=O) groups is 3. The van der Waals surface area contributed by atoms with E-state index in [1.165, 1.54) is 11.3 Å². The molecule has 0 bridgehead atoms. The van der Waals surface area contributed by atoms with Crippen LogP contribution in [0.15, 0.2) is 28.6 Å². The summed E-state index contributed by atoms with van der Waals surface area (Å²) in [6, 6.07) is 6.67. The zero-order valence-corrected chi connectivity index (χ0v) is 15.9. The topological polar surface area (TPSA) is 92.3 Å². The zero-order valence-electron chi connectivity index (χ0n) is 14.2. The van der Waals surface area contributed by atoms with Gasteiger partial charge in [0.25, 0.3) is 11.8 Å². The summed E-state index contributed by atoms with van der Waals surface area (Å²) in [7, 11) is 0. The van der Waals surface area contributed by atoms with Gasteiger partial charge in [-0.25, -0.2) is 0 Å². The lowest BCUT2D eigenvalue weighted by molar-refractivity contribution is -0.116. The van der Waals surface area contributed by atoms with Crippen LogP contribution in [0.4, 0.5) is 5.13 Å². The summed E-state index contributed by atoms with van der Waals surface area (Å²) in [5.41, 5.74) is 0.770. The molecule has 0 unspecified atom stereocenters. The predicted octanol–water partition coefficient (Wildman–Crippen LogP) is 3.06. The molecule has 136 valence electrons. The highest BCUT2D eigenvalue weighted by Gasteiger charge is 2.34. The van der Waals surface area contributed by atoms with Gasteiger partial charge in [-0.15, -0.1) is 10.2 Å². The van der Waals surface area contributed by atoms with Gasteiger partial charge in [0.1, 0.15) is 0 Å². The number of thioether (sulfide) groups is 1. The van der Waals surface area contributed by atoms with Gasteiger partial charge in [0.05, 0.1) is 11.1 Å². The minimum absolute atomic E-state index is 0.0172. The minimum Gasteiger partial charge on any atom is -0.300 e. The first-order valence-corrected chi connectivity index (χ1v) is 10.1. The predicted molar refractivity (Wildman–Crippen MR) is 101 cm³/mol. The van der Waals surface area contributed by atoms with E-state index >= 15 is 0 Å². The normalized spacial score (nSPS) is 13.2. The molecule has 3 amide bonds. The highest BCUT2D eigenvalue weighted by atomic mass is 32.2. The van der Waals surface area contributed by atoms with E-state index in [9.17, 15) is 14.4 Å². The van der Waals surface area contributed by atoms with Gasteiger partial charge < -0.3 is 5.32 Å². The van der Waals surface area contributed by atoms with Crippen LogP contribution in [0.1, 0.15) is 46.9 Å². The number of rotatable bonds is 8. The highest BCUT2D eigenvalue weighted by Crippen LogP contribution is 2.26. The Balaban J connectivity index is 1.51. The van der Waals surface area contributed by atoms with Gasteiger partial charge in [0.15, 0.2) is 4.34 Å². The number of unbranched alkanes of at least 4 members (excludes halogenated alkanes) is 1. The van der Waals surface area contributed by atoms with Crippen LogP contribution in [0, 0.1) is 0 Å². The number of nitrogens with one attached hydrogen (secondary N) is 1. The molecule has 2 heterocycles. The Kier molecular flexibility index (Phi) is 6.00. The fourth-order valence-electron chi connectivity index (χ4n) is 2.46. The molecule has 0 fully saturated rings. The van der Waals surface area contributed by atoms with Crippen LogP contribution in [0.5, 0.6) is 0 Å². The number of imide groups is 1. The van der Waals surface area contributed by atoms with Crippen molar-refractivity contribution in [1.29, 1.82) is 0 Å². The summed E-state index contributed by atoms with van der Waals surface area (Å²) >= 11 is 2.94. The molecule has 1 aliphatic rings. The third-order valence-electron chi connectivity index (χ3n) is 3.82. The summed E-state index contributed by atoms with van der Waals surface area (Å²) in [5.74, 6) is -0.0468. The maximum atomic E-state index is 12.3. The van der Waals surface area contributed by atoms with E-state index in [1.807, 2.05) is 0 Å². The monoisotopic (exact) mass is 390 g/mol. The fourth-order valence-corrected chi connectivity index (χ4v) is 4.38. The van der Waals surface area contributed by atoms with Crippen molar-refractivity contribution < 1.29 is 14.4 Å². The van der Waals surface area contributed by atoms with Gasteiger partial charge in [-0.3, -0.25) is 19.3 Å². The summed E-state index contributed by atoms with van der Waals surface area (Å²) in [5, 5.41) is 11.1. The van der Waals surface area contributed by atoms with Crippen molar-refractivity contribution in [2.45, 2.75) is 30.5 Å². The van der Waals surface area contributed by atoms with Gasteiger partial charge in [0.2, 0.25) is 11.0 Å². The van der Waals surface area contributed by atoms with Crippen LogP contribution >= 0.6 is 23.1 Å². The van der Waals surface area contributed by atoms with Crippen molar-refractivity contribution in [3.05, 3.63) is 35.4 Å². The van der Waals surface area contributed by atoms with Crippen molar-refractivity contribution in [1.82, 2.24) is 15.1 Å². The largest absolute Gasteiger partial charge is 0.300 e. The molecule has 0 saturated carbocycles. The molecule has 7 nitrogen and oxygen atoms in total. The van der Waals surface area contributed by atoms with Crippen LogP contribution in [0.25, 0.3) is 0 Å². The van der Waals surface area contributed by atoms with Gasteiger partial charge in [-0.05, 0) is 18.6 Å². The highest BCUT2D eigenvalue weighted by molar-refractivity contribution is 8.01. The van der Waals surface area contributed by atoms with E-state index in [1.54, 1.807) is 36.0 Å². The first-order valence-electron chi connectivity index (χ1n) is 8.31. The van der Waals surface area contributed by atoms with E-state index in [0.29, 0.717) is 16.3 Å². The molecule has 0 spiro atoms. The van der Waals surface area contributed by atoms with Gasteiger partial charge in [-0.1, -0.05) is 48.6 Å². The van der Waals surface area contributed by atoms with Crippen LogP contribution in [-0.2, 0) is 4.79 Å². The van der Waals surface area contributed by atoms with Crippen molar-refractivity contribution >= 4 is 46.0 Å². The Morgan fingerprint density at radius 3 is 2.54 bits per heavy atom. The quantitative estimate of drug-likeness (QED) is 0.322. The standard InChI is InChI=1S/C17H18N4O3S2/c1-2-3-10-25-17-20-19-16(26-17)18-13(22)8-9-21-14(23)11-6-4-5-7-12(11)15(21)24/h4-7H,2-3,8-10H2,1H3,(H,18,19,22). The molecular formula is C17H18N4O3S2. The second-order valence-electron chi connectivity index (χ2n) is 5.68. The average Bonchev–Trinajstić information content (AvgIpc) is 3.17. The van der Waals surface area contributed by atoms with Crippen LogP contribution in [-0.4, -0.2) is 45.1 Å². The van der Waals surface area contributed by atoms with Crippen LogP contribution in [0.2, 0.25) is 0 Å². The molecule has 3 rings (SSSR count). The Labute approximate surface area is 159 Å². The van der Waals surface area contributed by atoms with E-state index < -0.39 is 0 Å². The Hall–Kier alpha value is -2.26. The molecule has 1 aromatic carbocycles. The molecular weight excluding hydrogens is 372 g/mol. The summed E-state index contributed by atoms with van der Waals surface area (Å²) in [4.78, 5) is 37.7. The third-order valence-corrected chi connectivity index (χ3v) is 5.88. The number of hydrogen-bond acceptors (Lipinski definition) is 7. The lowest BCUT2D eigenvalue weighted by Gasteiger charge is -2.12. The summed E-state index contributed by atoms with van der Waals surface area (Å²) < 4.78 is 0.814. The fraction of sp³-hybridized carbons (Fsp3) is 0.353. The van der Waals surface area contributed by atoms with Crippen molar-refractivity contribution in [3.63, 3.8) is 0 Å². The van der Waals surface area contributed by atoms with E-state index in [-0.39, 0.29) is 30.7 Å². The maximum absolute atomic E-state index is 12.3. The molecule has 9 heteroatoms. The Morgan fingerprint density at radius 2 is 1.88 bits per heavy atom. The van der Waals surface area contributed by atoms with Gasteiger partial charge >= 0.3 is 0 Å². The van der Waals surface area contributed by atoms with Crippen molar-refractivity contribution in [3.8, 4) is 0 Å². The first-order chi connectivity index (χ1) is 12.6. The Bertz CT molecular complexity index is 802. The van der Waals surface area contributed by atoms with E-state index in [0.717, 1.165) is 27.8 Å². The third kappa shape index (κ3) is 4.10. The number of hydrogen-bond donors (Lipinski definition) is 1. The van der Waals surface area contributed by atoms with E-state index in [2.05, 4.69) is 22.4 Å². The average molecular weight is 390 g/mol. The molecule has 26 heavy (non-hydrogen) atoms. The van der Waals surface area contributed by atoms with Crippen LogP contribution < -0.4 is 5.32 Å². The number of amides is 3. The van der Waals surface area contributed by atoms with E-state index in [4.69, 9.17) is 0 Å². The Morgan fingerprint density at radius 1 is 1.19 bits per heavy atom. The smallest absolute Gasteiger partial charge is 0.261 e. The number of fused-ring (bicyclic) bond motifs is 1. The van der Waals surface area contributed by atoms with Gasteiger partial charge in [-0.2, -0.15) is 0 Å². The molecule has 0 aliphatic carbocycles. The van der Waals surface area contributed by atoms with Crippen LogP contribution in [0.3, 0.4) is 0 Å². The first kappa shape index (κ1) is 18.5. The number of aromatic nitrogens is 2. The maximum Gasteiger partial charge on any atom is 0.261 e. The molecule has 1 aromatic heterocycles. The summed E-state index contributed by atoms with van der Waals surface area (Å²) in [6.45, 7) is 2.16. The summed E-state index contributed by atoms with van der Waals surface area (Å²) in [6.07, 6.45) is 2.24. The number of carbonyl (C=O) groups excluding carboxylic acids is 3. The molecule has 0 radical (unpaired) electrons. The van der Waals surface area contributed by atoms with Crippen molar-refractivity contribution in [2.75, 3.05) is 17.6 Å². The SMILES string of the molecule is CCCCSc1nnc(NC(=O)CCN2C(=O)c3ccccc3C2=O)s1. The second-order valence-corrected chi connectivity index (χ2v) is 8.00. The number of anilines is 1. The zero-order chi connectivity index (χ0) is 18.5. The molecule has 1 aliphatic heterocycles.